The Balaban J connectivity index is 2.15. The van der Waals surface area contributed by atoms with Crippen molar-refractivity contribution in [3.8, 4) is 5.75 Å². The first-order chi connectivity index (χ1) is 11.7. The first kappa shape index (κ1) is 18.0. The largest absolute Gasteiger partial charge is 0.485 e. The highest BCUT2D eigenvalue weighted by Gasteiger charge is 2.44. The SMILES string of the molecule is CCC(O)c1ccn([C@@H]2c3cc(Cl)ccc3OC(C)(C)[C@H]2O)c(=O)c1. The molecule has 3 atom stereocenters. The summed E-state index contributed by atoms with van der Waals surface area (Å²) < 4.78 is 7.36. The number of nitrogens with zero attached hydrogens (tertiary/aromatic N) is 1. The van der Waals surface area contributed by atoms with Gasteiger partial charge in [0.15, 0.2) is 0 Å². The van der Waals surface area contributed by atoms with Gasteiger partial charge >= 0.3 is 0 Å². The number of rotatable bonds is 3. The number of aliphatic hydroxyl groups excluding tert-OH is 2. The molecule has 2 N–H and O–H groups in total. The maximum atomic E-state index is 12.7. The van der Waals surface area contributed by atoms with Crippen molar-refractivity contribution in [2.45, 2.75) is 51.0 Å². The summed E-state index contributed by atoms with van der Waals surface area (Å²) in [5, 5.41) is 21.3. The second kappa shape index (κ2) is 6.48. The summed E-state index contributed by atoms with van der Waals surface area (Å²) in [7, 11) is 0. The highest BCUT2D eigenvalue weighted by atomic mass is 35.5. The van der Waals surface area contributed by atoms with E-state index < -0.39 is 23.9 Å². The zero-order chi connectivity index (χ0) is 18.4. The summed E-state index contributed by atoms with van der Waals surface area (Å²) in [5.74, 6) is 0.592. The lowest BCUT2D eigenvalue weighted by atomic mass is 9.86. The quantitative estimate of drug-likeness (QED) is 0.879. The lowest BCUT2D eigenvalue weighted by Crippen LogP contribution is -2.52. The fourth-order valence-electron chi connectivity index (χ4n) is 3.22. The third kappa shape index (κ3) is 3.19. The Bertz CT molecular complexity index is 846. The van der Waals surface area contributed by atoms with Gasteiger partial charge in [0.2, 0.25) is 0 Å². The average Bonchev–Trinajstić information content (AvgIpc) is 2.56. The van der Waals surface area contributed by atoms with Crippen LogP contribution >= 0.6 is 11.6 Å². The number of ether oxygens (including phenoxy) is 1. The second-order valence-electron chi connectivity index (χ2n) is 6.91. The molecule has 134 valence electrons. The van der Waals surface area contributed by atoms with Crippen molar-refractivity contribution in [1.82, 2.24) is 4.57 Å². The first-order valence-electron chi connectivity index (χ1n) is 8.31. The molecule has 0 saturated heterocycles. The van der Waals surface area contributed by atoms with E-state index in [4.69, 9.17) is 16.3 Å². The van der Waals surface area contributed by atoms with Gasteiger partial charge in [-0.15, -0.1) is 0 Å². The number of fused-ring (bicyclic) bond motifs is 1. The minimum Gasteiger partial charge on any atom is -0.485 e. The average molecular weight is 364 g/mol. The third-order valence-electron chi connectivity index (χ3n) is 4.72. The van der Waals surface area contributed by atoms with Crippen LogP contribution in [0.15, 0.2) is 41.3 Å². The maximum absolute atomic E-state index is 12.7. The molecule has 0 bridgehead atoms. The van der Waals surface area contributed by atoms with Crippen LogP contribution in [0.5, 0.6) is 5.75 Å². The molecule has 0 radical (unpaired) electrons. The van der Waals surface area contributed by atoms with E-state index in [1.807, 2.05) is 6.92 Å². The van der Waals surface area contributed by atoms with E-state index in [2.05, 4.69) is 0 Å². The van der Waals surface area contributed by atoms with Gasteiger partial charge in [0.1, 0.15) is 17.5 Å². The zero-order valence-electron chi connectivity index (χ0n) is 14.4. The standard InChI is InChI=1S/C19H22ClNO4/c1-4-14(22)11-7-8-21(16(23)9-11)17-13-10-12(20)5-6-15(13)25-19(2,3)18(17)24/h5-10,14,17-18,22,24H,4H2,1-3H3/t14?,17-,18+/m1/s1. The number of hydrogen-bond donors (Lipinski definition) is 2. The van der Waals surface area contributed by atoms with Gasteiger partial charge in [0, 0.05) is 22.8 Å². The fourth-order valence-corrected chi connectivity index (χ4v) is 3.40. The Morgan fingerprint density at radius 2 is 2.04 bits per heavy atom. The van der Waals surface area contributed by atoms with Crippen LogP contribution in [0.4, 0.5) is 0 Å². The number of hydrogen-bond acceptors (Lipinski definition) is 4. The summed E-state index contributed by atoms with van der Waals surface area (Å²) in [6, 6.07) is 7.66. The molecular weight excluding hydrogens is 342 g/mol. The van der Waals surface area contributed by atoms with E-state index in [0.717, 1.165) is 0 Å². The molecule has 0 aliphatic carbocycles. The molecule has 0 saturated carbocycles. The molecule has 0 spiro atoms. The van der Waals surface area contributed by atoms with Gasteiger partial charge in [-0.05, 0) is 50.1 Å². The van der Waals surface area contributed by atoms with Crippen molar-refractivity contribution < 1.29 is 14.9 Å². The Morgan fingerprint density at radius 3 is 2.68 bits per heavy atom. The first-order valence-corrected chi connectivity index (χ1v) is 8.69. The Kier molecular flexibility index (Phi) is 4.66. The normalized spacial score (nSPS) is 22.8. The van der Waals surface area contributed by atoms with Crippen molar-refractivity contribution in [3.05, 3.63) is 63.0 Å². The van der Waals surface area contributed by atoms with E-state index in [9.17, 15) is 15.0 Å². The van der Waals surface area contributed by atoms with Crippen molar-refractivity contribution in [1.29, 1.82) is 0 Å². The van der Waals surface area contributed by atoms with E-state index in [0.29, 0.717) is 28.3 Å². The summed E-state index contributed by atoms with van der Waals surface area (Å²) in [5.41, 5.74) is 0.0609. The molecule has 3 rings (SSSR count). The zero-order valence-corrected chi connectivity index (χ0v) is 15.2. The smallest absolute Gasteiger partial charge is 0.251 e. The van der Waals surface area contributed by atoms with E-state index in [1.54, 1.807) is 44.3 Å². The number of aromatic nitrogens is 1. The molecule has 6 heteroatoms. The summed E-state index contributed by atoms with van der Waals surface area (Å²) in [4.78, 5) is 12.7. The molecule has 1 aliphatic rings. The van der Waals surface area contributed by atoms with Gasteiger partial charge < -0.3 is 19.5 Å². The minimum atomic E-state index is -0.946. The third-order valence-corrected chi connectivity index (χ3v) is 4.95. The molecule has 25 heavy (non-hydrogen) atoms. The van der Waals surface area contributed by atoms with Crippen LogP contribution in [0.1, 0.15) is 50.5 Å². The van der Waals surface area contributed by atoms with Gasteiger partial charge in [-0.3, -0.25) is 4.79 Å². The number of benzene rings is 1. The molecule has 2 heterocycles. The molecule has 0 amide bonds. The van der Waals surface area contributed by atoms with Crippen LogP contribution in [0.3, 0.4) is 0 Å². The number of pyridine rings is 1. The Morgan fingerprint density at radius 1 is 1.32 bits per heavy atom. The van der Waals surface area contributed by atoms with Gasteiger partial charge in [0.05, 0.1) is 12.1 Å². The van der Waals surface area contributed by atoms with E-state index >= 15 is 0 Å². The highest BCUT2D eigenvalue weighted by Crippen LogP contribution is 2.42. The van der Waals surface area contributed by atoms with Gasteiger partial charge in [-0.2, -0.15) is 0 Å². The van der Waals surface area contributed by atoms with Crippen molar-refractivity contribution in [3.63, 3.8) is 0 Å². The Hall–Kier alpha value is -1.82. The van der Waals surface area contributed by atoms with Crippen LogP contribution in [-0.4, -0.2) is 26.5 Å². The van der Waals surface area contributed by atoms with E-state index in [1.165, 1.54) is 10.6 Å². The monoisotopic (exact) mass is 363 g/mol. The predicted octanol–water partition coefficient (Wildman–Crippen LogP) is 3.07. The maximum Gasteiger partial charge on any atom is 0.251 e. The molecule has 5 nitrogen and oxygen atoms in total. The van der Waals surface area contributed by atoms with Crippen LogP contribution in [0.2, 0.25) is 5.02 Å². The van der Waals surface area contributed by atoms with Crippen LogP contribution in [0.25, 0.3) is 0 Å². The van der Waals surface area contributed by atoms with Crippen LogP contribution in [0, 0.1) is 0 Å². The predicted molar refractivity (Wildman–Crippen MR) is 96.3 cm³/mol. The van der Waals surface area contributed by atoms with Gasteiger partial charge in [0.25, 0.3) is 5.56 Å². The van der Waals surface area contributed by atoms with Gasteiger partial charge in [-0.25, -0.2) is 0 Å². The van der Waals surface area contributed by atoms with Gasteiger partial charge in [-0.1, -0.05) is 18.5 Å². The molecule has 1 unspecified atom stereocenters. The van der Waals surface area contributed by atoms with Crippen LogP contribution < -0.4 is 10.3 Å². The fraction of sp³-hybridized carbons (Fsp3) is 0.421. The molecular formula is C19H22ClNO4. The molecule has 2 aromatic rings. The van der Waals surface area contributed by atoms with Crippen molar-refractivity contribution in [2.24, 2.45) is 0 Å². The van der Waals surface area contributed by atoms with Crippen molar-refractivity contribution in [2.75, 3.05) is 0 Å². The van der Waals surface area contributed by atoms with E-state index in [-0.39, 0.29) is 5.56 Å². The lowest BCUT2D eigenvalue weighted by Gasteiger charge is -2.42. The molecule has 1 aliphatic heterocycles. The topological polar surface area (TPSA) is 71.7 Å². The number of aliphatic hydroxyl groups is 2. The second-order valence-corrected chi connectivity index (χ2v) is 7.34. The summed E-state index contributed by atoms with van der Waals surface area (Å²) >= 11 is 6.12. The molecule has 1 aromatic heterocycles. The Labute approximate surface area is 151 Å². The lowest BCUT2D eigenvalue weighted by molar-refractivity contribution is -0.0643. The number of halogens is 1. The van der Waals surface area contributed by atoms with Crippen molar-refractivity contribution >= 4 is 11.6 Å². The molecule has 0 fully saturated rings. The van der Waals surface area contributed by atoms with Crippen LogP contribution in [-0.2, 0) is 0 Å². The summed E-state index contributed by atoms with van der Waals surface area (Å²) in [6.07, 6.45) is 0.504. The highest BCUT2D eigenvalue weighted by molar-refractivity contribution is 6.30. The molecule has 1 aromatic carbocycles. The minimum absolute atomic E-state index is 0.294. The summed E-state index contributed by atoms with van der Waals surface area (Å²) in [6.45, 7) is 5.41.